The molecule has 0 bridgehead atoms. The van der Waals surface area contributed by atoms with Crippen LogP contribution in [0.4, 0.5) is 5.69 Å². The number of nitrogens with one attached hydrogen (secondary N) is 1. The van der Waals surface area contributed by atoms with Gasteiger partial charge in [-0.2, -0.15) is 0 Å². The molecular weight excluding hydrogens is 368 g/mol. The quantitative estimate of drug-likeness (QED) is 0.500. The summed E-state index contributed by atoms with van der Waals surface area (Å²) in [7, 11) is 1.58. The predicted octanol–water partition coefficient (Wildman–Crippen LogP) is 5.31. The smallest absolute Gasteiger partial charge is 0.255 e. The van der Waals surface area contributed by atoms with Gasteiger partial charge in [-0.15, -0.1) is 0 Å². The van der Waals surface area contributed by atoms with Crippen molar-refractivity contribution in [3.05, 3.63) is 72.6 Å². The number of carbonyl (C=O) groups excluding carboxylic acids is 1. The monoisotopic (exact) mass is 392 g/mol. The molecule has 3 aromatic rings. The zero-order chi connectivity index (χ0) is 20.5. The first-order valence-electron chi connectivity index (χ1n) is 9.49. The summed E-state index contributed by atoms with van der Waals surface area (Å²) >= 11 is 0. The molecule has 0 saturated heterocycles. The predicted molar refractivity (Wildman–Crippen MR) is 112 cm³/mol. The first-order chi connectivity index (χ1) is 14.2. The number of methoxy groups -OCH3 is 1. The lowest BCUT2D eigenvalue weighted by atomic mass is 10.2. The molecule has 1 heterocycles. The van der Waals surface area contributed by atoms with Crippen LogP contribution in [-0.4, -0.2) is 24.6 Å². The Morgan fingerprint density at radius 1 is 1.03 bits per heavy atom. The lowest BCUT2D eigenvalue weighted by Crippen LogP contribution is -2.13. The minimum atomic E-state index is -0.244. The van der Waals surface area contributed by atoms with Gasteiger partial charge in [-0.05, 0) is 55.0 Å². The molecule has 29 heavy (non-hydrogen) atoms. The number of ether oxygens (including phenoxy) is 3. The number of amides is 1. The minimum absolute atomic E-state index is 0.244. The standard InChI is InChI=1S/C23H24N2O4/c1-3-4-14-28-22-12-11-19(27-2)15-21(22)25-23(26)17-7-9-18(10-8-17)29-20-6-5-13-24-16-20/h5-13,15-16H,3-4,14H2,1-2H3,(H,25,26). The minimum Gasteiger partial charge on any atom is -0.497 e. The molecule has 0 saturated carbocycles. The van der Waals surface area contributed by atoms with Crippen molar-refractivity contribution in [2.45, 2.75) is 19.8 Å². The van der Waals surface area contributed by atoms with Gasteiger partial charge in [0.15, 0.2) is 0 Å². The summed E-state index contributed by atoms with van der Waals surface area (Å²) in [4.78, 5) is 16.7. The van der Waals surface area contributed by atoms with E-state index in [2.05, 4.69) is 17.2 Å². The van der Waals surface area contributed by atoms with E-state index in [1.54, 1.807) is 62.0 Å². The Morgan fingerprint density at radius 2 is 1.83 bits per heavy atom. The van der Waals surface area contributed by atoms with Gasteiger partial charge in [-0.3, -0.25) is 9.78 Å². The molecule has 3 rings (SSSR count). The number of aromatic nitrogens is 1. The SMILES string of the molecule is CCCCOc1ccc(OC)cc1NC(=O)c1ccc(Oc2cccnc2)cc1. The third-order valence-electron chi connectivity index (χ3n) is 4.18. The van der Waals surface area contributed by atoms with Crippen molar-refractivity contribution in [3.63, 3.8) is 0 Å². The van der Waals surface area contributed by atoms with Crippen molar-refractivity contribution in [3.8, 4) is 23.0 Å². The second kappa shape index (κ2) is 10.1. The molecule has 0 aliphatic carbocycles. The van der Waals surface area contributed by atoms with E-state index >= 15 is 0 Å². The maximum Gasteiger partial charge on any atom is 0.255 e. The van der Waals surface area contributed by atoms with Crippen LogP contribution in [0.1, 0.15) is 30.1 Å². The maximum absolute atomic E-state index is 12.7. The van der Waals surface area contributed by atoms with Crippen molar-refractivity contribution in [2.24, 2.45) is 0 Å². The number of unbranched alkanes of at least 4 members (excludes halogenated alkanes) is 1. The number of anilines is 1. The number of pyridine rings is 1. The zero-order valence-corrected chi connectivity index (χ0v) is 16.6. The molecule has 0 radical (unpaired) electrons. The van der Waals surface area contributed by atoms with Gasteiger partial charge in [0.25, 0.3) is 5.91 Å². The largest absolute Gasteiger partial charge is 0.497 e. The van der Waals surface area contributed by atoms with E-state index in [9.17, 15) is 4.79 Å². The number of hydrogen-bond acceptors (Lipinski definition) is 5. The fourth-order valence-corrected chi connectivity index (χ4v) is 2.60. The molecule has 1 aromatic heterocycles. The number of hydrogen-bond donors (Lipinski definition) is 1. The van der Waals surface area contributed by atoms with Crippen molar-refractivity contribution in [1.29, 1.82) is 0 Å². The highest BCUT2D eigenvalue weighted by atomic mass is 16.5. The van der Waals surface area contributed by atoms with E-state index in [4.69, 9.17) is 14.2 Å². The molecule has 2 aromatic carbocycles. The van der Waals surface area contributed by atoms with E-state index in [0.717, 1.165) is 12.8 Å². The third-order valence-corrected chi connectivity index (χ3v) is 4.18. The molecule has 0 aliphatic heterocycles. The van der Waals surface area contributed by atoms with E-state index in [1.165, 1.54) is 0 Å². The average Bonchev–Trinajstić information content (AvgIpc) is 2.76. The lowest BCUT2D eigenvalue weighted by molar-refractivity contribution is 0.102. The highest BCUT2D eigenvalue weighted by Crippen LogP contribution is 2.30. The number of carbonyl (C=O) groups is 1. The molecule has 6 nitrogen and oxygen atoms in total. The Labute approximate surface area is 170 Å². The second-order valence-corrected chi connectivity index (χ2v) is 6.33. The lowest BCUT2D eigenvalue weighted by Gasteiger charge is -2.14. The molecule has 1 N–H and O–H groups in total. The summed E-state index contributed by atoms with van der Waals surface area (Å²) in [6.45, 7) is 2.69. The fourth-order valence-electron chi connectivity index (χ4n) is 2.60. The summed E-state index contributed by atoms with van der Waals surface area (Å²) < 4.78 is 16.8. The van der Waals surface area contributed by atoms with Crippen LogP contribution in [-0.2, 0) is 0 Å². The third kappa shape index (κ3) is 5.72. The van der Waals surface area contributed by atoms with Crippen LogP contribution < -0.4 is 19.5 Å². The van der Waals surface area contributed by atoms with Crippen LogP contribution in [0.15, 0.2) is 67.0 Å². The molecule has 150 valence electrons. The van der Waals surface area contributed by atoms with E-state index in [-0.39, 0.29) is 5.91 Å². The van der Waals surface area contributed by atoms with Gasteiger partial charge < -0.3 is 19.5 Å². The van der Waals surface area contributed by atoms with Crippen LogP contribution in [0.5, 0.6) is 23.0 Å². The fraction of sp³-hybridized carbons (Fsp3) is 0.217. The van der Waals surface area contributed by atoms with Gasteiger partial charge >= 0.3 is 0 Å². The number of nitrogens with zero attached hydrogens (tertiary/aromatic N) is 1. The molecule has 0 fully saturated rings. The van der Waals surface area contributed by atoms with Gasteiger partial charge in [0.2, 0.25) is 0 Å². The molecular formula is C23H24N2O4. The van der Waals surface area contributed by atoms with Crippen LogP contribution in [0.2, 0.25) is 0 Å². The van der Waals surface area contributed by atoms with Crippen molar-refractivity contribution >= 4 is 11.6 Å². The van der Waals surface area contributed by atoms with E-state index < -0.39 is 0 Å². The zero-order valence-electron chi connectivity index (χ0n) is 16.6. The summed E-state index contributed by atoms with van der Waals surface area (Å²) in [5, 5.41) is 2.90. The van der Waals surface area contributed by atoms with Gasteiger partial charge in [-0.25, -0.2) is 0 Å². The number of rotatable bonds is 9. The molecule has 0 spiro atoms. The highest BCUT2D eigenvalue weighted by molar-refractivity contribution is 6.05. The average molecular weight is 392 g/mol. The van der Waals surface area contributed by atoms with E-state index in [1.807, 2.05) is 12.1 Å². The molecule has 1 amide bonds. The molecule has 0 aliphatic rings. The highest BCUT2D eigenvalue weighted by Gasteiger charge is 2.12. The van der Waals surface area contributed by atoms with Crippen molar-refractivity contribution in [2.75, 3.05) is 19.0 Å². The first-order valence-corrected chi connectivity index (χ1v) is 9.49. The molecule has 6 heteroatoms. The van der Waals surface area contributed by atoms with Gasteiger partial charge in [0, 0.05) is 17.8 Å². The van der Waals surface area contributed by atoms with Gasteiger partial charge in [0.1, 0.15) is 23.0 Å². The maximum atomic E-state index is 12.7. The Morgan fingerprint density at radius 3 is 2.52 bits per heavy atom. The Bertz CT molecular complexity index is 927. The second-order valence-electron chi connectivity index (χ2n) is 6.33. The summed E-state index contributed by atoms with van der Waals surface area (Å²) in [5.74, 6) is 2.27. The molecule has 0 unspecified atom stereocenters. The van der Waals surface area contributed by atoms with Crippen LogP contribution in [0.25, 0.3) is 0 Å². The normalized spacial score (nSPS) is 10.3. The Hall–Kier alpha value is -3.54. The van der Waals surface area contributed by atoms with Crippen molar-refractivity contribution in [1.82, 2.24) is 4.98 Å². The van der Waals surface area contributed by atoms with Crippen molar-refractivity contribution < 1.29 is 19.0 Å². The summed E-state index contributed by atoms with van der Waals surface area (Å²) in [6, 6.07) is 15.9. The molecule has 0 atom stereocenters. The van der Waals surface area contributed by atoms with Crippen LogP contribution >= 0.6 is 0 Å². The summed E-state index contributed by atoms with van der Waals surface area (Å²) in [5.41, 5.74) is 1.08. The number of benzene rings is 2. The van der Waals surface area contributed by atoms with Crippen LogP contribution in [0.3, 0.4) is 0 Å². The first kappa shape index (κ1) is 20.2. The van der Waals surface area contributed by atoms with E-state index in [0.29, 0.717) is 40.9 Å². The van der Waals surface area contributed by atoms with Gasteiger partial charge in [0.05, 0.1) is 25.6 Å². The Kier molecular flexibility index (Phi) is 7.05. The Balaban J connectivity index is 1.70. The summed E-state index contributed by atoms with van der Waals surface area (Å²) in [6.07, 6.45) is 5.28. The van der Waals surface area contributed by atoms with Gasteiger partial charge in [-0.1, -0.05) is 13.3 Å². The topological polar surface area (TPSA) is 69.7 Å². The van der Waals surface area contributed by atoms with Crippen LogP contribution in [0, 0.1) is 0 Å².